The fourth-order valence-corrected chi connectivity index (χ4v) is 5.06. The van der Waals surface area contributed by atoms with Crippen molar-refractivity contribution in [2.75, 3.05) is 36.9 Å². The van der Waals surface area contributed by atoms with Crippen LogP contribution < -0.4 is 19.1 Å². The second-order valence-electron chi connectivity index (χ2n) is 8.40. The van der Waals surface area contributed by atoms with E-state index in [2.05, 4.69) is 4.72 Å². The zero-order valence-electron chi connectivity index (χ0n) is 20.0. The van der Waals surface area contributed by atoms with Crippen molar-refractivity contribution in [1.82, 2.24) is 4.90 Å². The molecule has 9 heteroatoms. The highest BCUT2D eigenvalue weighted by Crippen LogP contribution is 2.28. The third-order valence-corrected chi connectivity index (χ3v) is 7.23. The molecule has 2 amide bonds. The number of sulfonamides is 1. The number of hydrogen-bond acceptors (Lipinski definition) is 5. The summed E-state index contributed by atoms with van der Waals surface area (Å²) in [7, 11) is -0.564. The van der Waals surface area contributed by atoms with E-state index in [9.17, 15) is 13.2 Å². The Morgan fingerprint density at radius 2 is 1.60 bits per heavy atom. The van der Waals surface area contributed by atoms with Crippen molar-refractivity contribution in [2.45, 2.75) is 24.8 Å². The van der Waals surface area contributed by atoms with Crippen LogP contribution in [0.2, 0.25) is 0 Å². The van der Waals surface area contributed by atoms with Crippen molar-refractivity contribution in [1.29, 1.82) is 0 Å². The Labute approximate surface area is 206 Å². The third-order valence-electron chi connectivity index (χ3n) is 5.84. The van der Waals surface area contributed by atoms with E-state index in [1.165, 1.54) is 0 Å². The van der Waals surface area contributed by atoms with E-state index in [1.807, 2.05) is 19.1 Å². The fourth-order valence-electron chi connectivity index (χ4n) is 4.01. The minimum atomic E-state index is -3.74. The molecule has 0 aromatic heterocycles. The molecule has 3 aromatic carbocycles. The number of amides is 2. The number of benzene rings is 3. The van der Waals surface area contributed by atoms with E-state index < -0.39 is 10.0 Å². The van der Waals surface area contributed by atoms with Gasteiger partial charge in [-0.15, -0.1) is 0 Å². The molecule has 3 aromatic rings. The van der Waals surface area contributed by atoms with Crippen LogP contribution in [0.3, 0.4) is 0 Å². The summed E-state index contributed by atoms with van der Waals surface area (Å²) < 4.78 is 38.9. The average molecular weight is 496 g/mol. The minimum Gasteiger partial charge on any atom is -0.497 e. The Balaban J connectivity index is 1.52. The van der Waals surface area contributed by atoms with Gasteiger partial charge in [0.15, 0.2) is 0 Å². The Bertz CT molecular complexity index is 1290. The van der Waals surface area contributed by atoms with Gasteiger partial charge in [0.2, 0.25) is 0 Å². The minimum absolute atomic E-state index is 0.142. The van der Waals surface area contributed by atoms with Gasteiger partial charge in [-0.05, 0) is 61.4 Å². The molecule has 35 heavy (non-hydrogen) atoms. The zero-order valence-corrected chi connectivity index (χ0v) is 20.8. The zero-order chi connectivity index (χ0) is 25.0. The van der Waals surface area contributed by atoms with Crippen LogP contribution in [0.1, 0.15) is 17.5 Å². The van der Waals surface area contributed by atoms with Gasteiger partial charge in [-0.3, -0.25) is 9.62 Å². The molecule has 0 bridgehead atoms. The number of carbonyl (C=O) groups is 1. The van der Waals surface area contributed by atoms with Crippen molar-refractivity contribution in [3.63, 3.8) is 0 Å². The summed E-state index contributed by atoms with van der Waals surface area (Å²) in [5.41, 5.74) is 2.90. The number of carbonyl (C=O) groups excluding carboxylic acids is 1. The molecule has 0 aliphatic carbocycles. The molecule has 1 aliphatic heterocycles. The Hall–Kier alpha value is -3.72. The summed E-state index contributed by atoms with van der Waals surface area (Å²) >= 11 is 0. The van der Waals surface area contributed by atoms with Crippen LogP contribution in [0.4, 0.5) is 16.2 Å². The van der Waals surface area contributed by atoms with Crippen LogP contribution in [0, 0.1) is 6.92 Å². The highest BCUT2D eigenvalue weighted by atomic mass is 32.2. The van der Waals surface area contributed by atoms with Gasteiger partial charge < -0.3 is 14.4 Å². The monoisotopic (exact) mass is 495 g/mol. The summed E-state index contributed by atoms with van der Waals surface area (Å²) in [5, 5.41) is 0. The highest BCUT2D eigenvalue weighted by Gasteiger charge is 2.27. The van der Waals surface area contributed by atoms with E-state index >= 15 is 0 Å². The molecule has 0 spiro atoms. The van der Waals surface area contributed by atoms with Crippen molar-refractivity contribution in [3.05, 3.63) is 77.9 Å². The van der Waals surface area contributed by atoms with E-state index in [0.717, 1.165) is 17.5 Å². The number of anilines is 2. The van der Waals surface area contributed by atoms with Gasteiger partial charge in [-0.2, -0.15) is 0 Å². The van der Waals surface area contributed by atoms with Crippen LogP contribution in [-0.2, 0) is 16.6 Å². The standard InChI is InChI=1S/C26H29N3O5S/c1-19-8-10-25(11-9-19)35(31,32)27-21-6-4-7-22(16-21)29-13-5-12-28(26(29)30)18-20-14-23(33-2)17-24(15-20)34-3/h4,6-11,14-17,27H,5,12-13,18H2,1-3H3. The van der Waals surface area contributed by atoms with Crippen molar-refractivity contribution in [3.8, 4) is 11.5 Å². The van der Waals surface area contributed by atoms with Crippen LogP contribution in [0.15, 0.2) is 71.6 Å². The smallest absolute Gasteiger partial charge is 0.324 e. The van der Waals surface area contributed by atoms with Gasteiger partial charge in [0, 0.05) is 31.4 Å². The molecular weight excluding hydrogens is 466 g/mol. The molecule has 1 fully saturated rings. The molecule has 1 aliphatic rings. The predicted molar refractivity (Wildman–Crippen MR) is 136 cm³/mol. The maximum atomic E-state index is 13.3. The van der Waals surface area contributed by atoms with Crippen molar-refractivity contribution < 1.29 is 22.7 Å². The Morgan fingerprint density at radius 1 is 0.914 bits per heavy atom. The molecule has 0 atom stereocenters. The van der Waals surface area contributed by atoms with Gasteiger partial charge in [-0.1, -0.05) is 23.8 Å². The molecule has 0 saturated carbocycles. The normalized spacial score (nSPS) is 14.1. The SMILES string of the molecule is COc1cc(CN2CCCN(c3cccc(NS(=O)(=O)c4ccc(C)cc4)c3)C2=O)cc(OC)c1. The molecule has 0 unspecified atom stereocenters. The lowest BCUT2D eigenvalue weighted by molar-refractivity contribution is 0.192. The van der Waals surface area contributed by atoms with E-state index in [0.29, 0.717) is 42.5 Å². The molecule has 4 rings (SSSR count). The lowest BCUT2D eigenvalue weighted by Crippen LogP contribution is -2.49. The lowest BCUT2D eigenvalue weighted by Gasteiger charge is -2.36. The predicted octanol–water partition coefficient (Wildman–Crippen LogP) is 4.65. The lowest BCUT2D eigenvalue weighted by atomic mass is 10.1. The summed E-state index contributed by atoms with van der Waals surface area (Å²) in [6.07, 6.45) is 0.784. The van der Waals surface area contributed by atoms with E-state index in [4.69, 9.17) is 9.47 Å². The second-order valence-corrected chi connectivity index (χ2v) is 10.1. The van der Waals surface area contributed by atoms with Crippen molar-refractivity contribution >= 4 is 27.4 Å². The summed E-state index contributed by atoms with van der Waals surface area (Å²) in [6, 6.07) is 19.0. The van der Waals surface area contributed by atoms with Gasteiger partial charge in [0.05, 0.1) is 24.8 Å². The molecule has 1 N–H and O–H groups in total. The molecule has 1 heterocycles. The number of hydrogen-bond donors (Lipinski definition) is 1. The van der Waals surface area contributed by atoms with E-state index in [-0.39, 0.29) is 10.9 Å². The molecule has 8 nitrogen and oxygen atoms in total. The second kappa shape index (κ2) is 10.3. The van der Waals surface area contributed by atoms with Gasteiger partial charge in [0.25, 0.3) is 10.0 Å². The van der Waals surface area contributed by atoms with Gasteiger partial charge in [-0.25, -0.2) is 13.2 Å². The number of nitrogens with one attached hydrogen (secondary N) is 1. The van der Waals surface area contributed by atoms with Crippen LogP contribution in [0.5, 0.6) is 11.5 Å². The summed E-state index contributed by atoms with van der Waals surface area (Å²) in [6.45, 7) is 3.47. The third kappa shape index (κ3) is 5.68. The first-order valence-corrected chi connectivity index (χ1v) is 12.8. The average Bonchev–Trinajstić information content (AvgIpc) is 2.85. The summed E-state index contributed by atoms with van der Waals surface area (Å²) in [5.74, 6) is 1.32. The number of methoxy groups -OCH3 is 2. The molecular formula is C26H29N3O5S. The van der Waals surface area contributed by atoms with E-state index in [1.54, 1.807) is 78.6 Å². The topological polar surface area (TPSA) is 88.2 Å². The van der Waals surface area contributed by atoms with Gasteiger partial charge >= 0.3 is 6.03 Å². The number of rotatable bonds is 8. The largest absolute Gasteiger partial charge is 0.497 e. The Kier molecular flexibility index (Phi) is 7.16. The molecule has 0 radical (unpaired) electrons. The maximum Gasteiger partial charge on any atom is 0.324 e. The molecule has 1 saturated heterocycles. The number of nitrogens with zero attached hydrogens (tertiary/aromatic N) is 2. The fraction of sp³-hybridized carbons (Fsp3) is 0.269. The first kappa shape index (κ1) is 24.4. The number of urea groups is 1. The maximum absolute atomic E-state index is 13.3. The first-order valence-electron chi connectivity index (χ1n) is 11.3. The highest BCUT2D eigenvalue weighted by molar-refractivity contribution is 7.92. The molecule has 184 valence electrons. The number of ether oxygens (including phenoxy) is 2. The summed E-state index contributed by atoms with van der Waals surface area (Å²) in [4.78, 5) is 17.0. The number of aryl methyl sites for hydroxylation is 1. The van der Waals surface area contributed by atoms with Crippen LogP contribution in [-0.4, -0.2) is 46.7 Å². The first-order chi connectivity index (χ1) is 16.8. The Morgan fingerprint density at radius 3 is 2.26 bits per heavy atom. The van der Waals surface area contributed by atoms with Gasteiger partial charge in [0.1, 0.15) is 11.5 Å². The van der Waals surface area contributed by atoms with Crippen LogP contribution >= 0.6 is 0 Å². The van der Waals surface area contributed by atoms with Crippen molar-refractivity contribution in [2.24, 2.45) is 0 Å². The van der Waals surface area contributed by atoms with Crippen LogP contribution in [0.25, 0.3) is 0 Å². The quantitative estimate of drug-likeness (QED) is 0.492.